The lowest BCUT2D eigenvalue weighted by Gasteiger charge is -2.31. The Balaban J connectivity index is 0.00000719. The summed E-state index contributed by atoms with van der Waals surface area (Å²) in [5.41, 5.74) is -3.34. The number of hydrogen-bond acceptors (Lipinski definition) is 24. The number of rotatable bonds is 34. The molecule has 0 aliphatic rings. The van der Waals surface area contributed by atoms with Gasteiger partial charge in [0.2, 0.25) is 0 Å². The summed E-state index contributed by atoms with van der Waals surface area (Å²) in [7, 11) is -5.39. The third-order valence-electron chi connectivity index (χ3n) is 9.68. The molecule has 0 radical (unpaired) electrons. The van der Waals surface area contributed by atoms with Crippen molar-refractivity contribution in [2.45, 2.75) is 145 Å². The zero-order valence-corrected chi connectivity index (χ0v) is 45.2. The number of carbonyl (C=O) groups is 3. The highest BCUT2D eigenvalue weighted by Crippen LogP contribution is 2.54. The third-order valence-corrected chi connectivity index (χ3v) is 15.1. The molecule has 0 spiro atoms. The Bertz CT molecular complexity index is 1950. The van der Waals surface area contributed by atoms with E-state index in [1.54, 1.807) is 41.7 Å². The quantitative estimate of drug-likeness (QED) is 0.0411. The molecule has 27 nitrogen and oxygen atoms in total. The van der Waals surface area contributed by atoms with Crippen LogP contribution in [-0.4, -0.2) is 157 Å². The van der Waals surface area contributed by atoms with Crippen LogP contribution in [0.4, 0.5) is 0 Å². The molecule has 1 heterocycles. The zero-order valence-electron chi connectivity index (χ0n) is 42.5. The van der Waals surface area contributed by atoms with Crippen molar-refractivity contribution in [3.63, 3.8) is 0 Å². The molecule has 0 bridgehead atoms. The smallest absolute Gasteiger partial charge is 0.462 e. The minimum atomic E-state index is -3.65. The van der Waals surface area contributed by atoms with Crippen LogP contribution in [0.1, 0.15) is 89.5 Å². The minimum absolute atomic E-state index is 0.00309. The first-order valence-corrected chi connectivity index (χ1v) is 26.8. The van der Waals surface area contributed by atoms with Crippen molar-refractivity contribution in [2.75, 3.05) is 74.0 Å². The minimum Gasteiger partial charge on any atom is -0.462 e. The summed E-state index contributed by atoms with van der Waals surface area (Å²) < 4.78 is 88.4. The first-order valence-electron chi connectivity index (χ1n) is 22.4. The van der Waals surface area contributed by atoms with Gasteiger partial charge < -0.3 is 32.3 Å². The van der Waals surface area contributed by atoms with Crippen molar-refractivity contribution in [1.29, 1.82) is 0 Å². The van der Waals surface area contributed by atoms with Crippen LogP contribution in [0.15, 0.2) is 14.4 Å². The Hall–Kier alpha value is -3.26. The summed E-state index contributed by atoms with van der Waals surface area (Å²) in [6.07, 6.45) is -2.80. The van der Waals surface area contributed by atoms with Gasteiger partial charge >= 0.3 is 58.1 Å². The predicted octanol–water partition coefficient (Wildman–Crippen LogP) is 3.69. The molecule has 0 aromatic carbocycles. The second-order valence-corrected chi connectivity index (χ2v) is 20.0. The molecule has 0 fully saturated rings. The van der Waals surface area contributed by atoms with Crippen LogP contribution >= 0.6 is 23.1 Å². The molecule has 69 heavy (non-hydrogen) atoms. The number of hydroxylamine groups is 6. The number of hydrogen-bond donors (Lipinski definition) is 0. The number of carbonyl (C=O) groups excluding carboxylic acids is 3. The molecule has 1 aromatic rings. The molecular formula is C39H75N6O21P3. The number of ether oxygens (including phenoxy) is 3. The second-order valence-electron chi connectivity index (χ2n) is 14.6. The highest BCUT2D eigenvalue weighted by atomic mass is 31.2. The van der Waals surface area contributed by atoms with Gasteiger partial charge in [0.05, 0.1) is 52.7 Å². The molecule has 6 unspecified atom stereocenters. The molecule has 0 amide bonds. The van der Waals surface area contributed by atoms with Gasteiger partial charge in [-0.1, -0.05) is 6.92 Å². The van der Waals surface area contributed by atoms with E-state index in [2.05, 4.69) is 4.52 Å². The van der Waals surface area contributed by atoms with Crippen LogP contribution in [0.25, 0.3) is 0 Å². The SMILES string of the molecule is CCOP(=O)(OCC)C(C)N(C)OC(C)C(=O)OCCn1c(=O)n(CCOC(=O)C(C)ON(C)C(C)CC)c(=O)n(CCOC(=O)C(C)ON(C)C(C)P(=O)(OCC)OCC)c1=O.CCOP(=O)=O. The van der Waals surface area contributed by atoms with Gasteiger partial charge in [0.25, 0.3) is 0 Å². The molecular weight excluding hydrogens is 981 g/mol. The van der Waals surface area contributed by atoms with E-state index >= 15 is 0 Å². The molecule has 0 aliphatic carbocycles. The monoisotopic (exact) mass is 1060 g/mol. The van der Waals surface area contributed by atoms with Crippen molar-refractivity contribution in [1.82, 2.24) is 28.9 Å². The van der Waals surface area contributed by atoms with Crippen molar-refractivity contribution >= 4 is 41.0 Å². The predicted molar refractivity (Wildman–Crippen MR) is 247 cm³/mol. The highest BCUT2D eigenvalue weighted by Gasteiger charge is 2.38. The van der Waals surface area contributed by atoms with E-state index in [-0.39, 0.29) is 39.1 Å². The van der Waals surface area contributed by atoms with E-state index < -0.39 is 127 Å². The van der Waals surface area contributed by atoms with Crippen LogP contribution in [0.5, 0.6) is 0 Å². The summed E-state index contributed by atoms with van der Waals surface area (Å²) in [5.74, 6) is -4.45. The largest absolute Gasteiger partial charge is 0.468 e. The molecule has 1 rings (SSSR count). The van der Waals surface area contributed by atoms with Crippen molar-refractivity contribution < 1.29 is 84.0 Å². The average Bonchev–Trinajstić information content (AvgIpc) is 3.28. The number of aromatic nitrogens is 3. The molecule has 0 saturated heterocycles. The van der Waals surface area contributed by atoms with Gasteiger partial charge in [0.15, 0.2) is 18.3 Å². The van der Waals surface area contributed by atoms with E-state index in [0.717, 1.165) is 16.5 Å². The fourth-order valence-corrected chi connectivity index (χ4v) is 9.03. The van der Waals surface area contributed by atoms with Crippen molar-refractivity contribution in [2.24, 2.45) is 0 Å². The Morgan fingerprint density at radius 1 is 0.507 bits per heavy atom. The van der Waals surface area contributed by atoms with Crippen molar-refractivity contribution in [3.8, 4) is 0 Å². The summed E-state index contributed by atoms with van der Waals surface area (Å²) in [5, 5.41) is 3.79. The topological polar surface area (TPSA) is 297 Å². The van der Waals surface area contributed by atoms with E-state index in [9.17, 15) is 47.0 Å². The van der Waals surface area contributed by atoms with E-state index in [4.69, 9.17) is 46.8 Å². The first kappa shape index (κ1) is 65.7. The maximum Gasteiger partial charge on any atom is 0.468 e. The van der Waals surface area contributed by atoms with Crippen molar-refractivity contribution in [3.05, 3.63) is 31.5 Å². The van der Waals surface area contributed by atoms with Crippen LogP contribution in [0.3, 0.4) is 0 Å². The fourth-order valence-electron chi connectivity index (χ4n) is 5.47. The van der Waals surface area contributed by atoms with E-state index in [0.29, 0.717) is 13.7 Å². The molecule has 1 aromatic heterocycles. The number of esters is 3. The molecule has 30 heteroatoms. The maximum absolute atomic E-state index is 13.6. The summed E-state index contributed by atoms with van der Waals surface area (Å²) in [6.45, 7) is 16.8. The Morgan fingerprint density at radius 2 is 0.783 bits per heavy atom. The lowest BCUT2D eigenvalue weighted by Crippen LogP contribution is -2.55. The lowest BCUT2D eigenvalue weighted by atomic mass is 10.3. The van der Waals surface area contributed by atoms with Crippen LogP contribution in [0, 0.1) is 0 Å². The Labute approximate surface area is 403 Å². The van der Waals surface area contributed by atoms with E-state index in [1.807, 2.05) is 13.8 Å². The molecule has 6 atom stereocenters. The summed E-state index contributed by atoms with van der Waals surface area (Å²) in [4.78, 5) is 96.2. The van der Waals surface area contributed by atoms with Crippen LogP contribution in [0.2, 0.25) is 0 Å². The normalized spacial score (nSPS) is 14.6. The third kappa shape index (κ3) is 22.0. The van der Waals surface area contributed by atoms with Gasteiger partial charge in [0.1, 0.15) is 31.4 Å². The van der Waals surface area contributed by atoms with Gasteiger partial charge in [-0.25, -0.2) is 51.6 Å². The standard InChI is InChI=1S/C37H70N6O18P2.C2H5O3P/c1-15-26(6)38(12)59-27(7)32(44)52-23-20-41-35(47)42(21-24-53-33(45)28(8)60-39(13)30(10)62(50,55-16-2)56-17-3)37(49)43(36(41)48)22-25-54-34(46)29(9)61-40(14)31(11)63(51,57-18-4)58-19-5;1-2-5-6(3)4/h26-31H,15-25H2,1-14H3;2H2,1H3. The van der Waals surface area contributed by atoms with E-state index in [1.165, 1.54) is 53.8 Å². The lowest BCUT2D eigenvalue weighted by molar-refractivity contribution is -0.212. The second kappa shape index (κ2) is 33.4. The van der Waals surface area contributed by atoms with Gasteiger partial charge in [0, 0.05) is 27.2 Å². The van der Waals surface area contributed by atoms with Crippen LogP contribution < -0.4 is 17.1 Å². The number of nitrogens with zero attached hydrogens (tertiary/aromatic N) is 6. The summed E-state index contributed by atoms with van der Waals surface area (Å²) in [6, 6.07) is -0.00309. The Kier molecular flexibility index (Phi) is 31.8. The summed E-state index contributed by atoms with van der Waals surface area (Å²) >= 11 is 0. The van der Waals surface area contributed by atoms with Gasteiger partial charge in [-0.05, 0) is 82.6 Å². The van der Waals surface area contributed by atoms with Gasteiger partial charge in [-0.15, -0.1) is 0 Å². The van der Waals surface area contributed by atoms with Crippen LogP contribution in [-0.2, 0) is 104 Å². The zero-order chi connectivity index (χ0) is 53.2. The van der Waals surface area contributed by atoms with Gasteiger partial charge in [-0.2, -0.15) is 15.2 Å². The maximum atomic E-state index is 13.6. The molecule has 402 valence electrons. The van der Waals surface area contributed by atoms with Gasteiger partial charge in [-0.3, -0.25) is 28.2 Å². The average molecular weight is 1060 g/mol. The molecule has 0 aliphatic heterocycles. The first-order chi connectivity index (χ1) is 32.3. The molecule has 0 N–H and O–H groups in total. The molecule has 0 saturated carbocycles. The fraction of sp³-hybridized carbons (Fsp3) is 0.846. The highest BCUT2D eigenvalue weighted by molar-refractivity contribution is 7.54. The Morgan fingerprint density at radius 3 is 1.00 bits per heavy atom.